The van der Waals surface area contributed by atoms with Gasteiger partial charge in [-0.15, -0.1) is 0 Å². The molecule has 0 radical (unpaired) electrons. The van der Waals surface area contributed by atoms with Crippen LogP contribution in [0.2, 0.25) is 5.02 Å². The molecule has 0 bridgehead atoms. The molecule has 0 aromatic heterocycles. The maximum atomic E-state index is 12.6. The number of rotatable bonds is 3. The molecule has 0 heterocycles. The van der Waals surface area contributed by atoms with Crippen molar-refractivity contribution in [2.45, 2.75) is 44.7 Å². The fourth-order valence-electron chi connectivity index (χ4n) is 2.95. The number of nitrogens with two attached hydrogens (primary N) is 1. The predicted octanol–water partition coefficient (Wildman–Crippen LogP) is 3.38. The van der Waals surface area contributed by atoms with Gasteiger partial charge in [0.1, 0.15) is 0 Å². The minimum atomic E-state index is -0.0191. The lowest BCUT2D eigenvalue weighted by molar-refractivity contribution is -0.137. The Balaban J connectivity index is 2.08. The van der Waals surface area contributed by atoms with Gasteiger partial charge in [-0.3, -0.25) is 4.79 Å². The van der Waals surface area contributed by atoms with Crippen LogP contribution in [0.1, 0.15) is 44.2 Å². The van der Waals surface area contributed by atoms with Gasteiger partial charge in [0.25, 0.3) is 0 Å². The molecule has 1 fully saturated rings. The summed E-state index contributed by atoms with van der Waals surface area (Å²) in [4.78, 5) is 14.4. The second-order valence-electron chi connectivity index (χ2n) is 5.77. The maximum absolute atomic E-state index is 12.6. The lowest BCUT2D eigenvalue weighted by Gasteiger charge is -2.33. The molecule has 1 aromatic rings. The first-order chi connectivity index (χ1) is 9.50. The number of halogens is 1. The summed E-state index contributed by atoms with van der Waals surface area (Å²) < 4.78 is 0. The van der Waals surface area contributed by atoms with E-state index in [1.54, 1.807) is 0 Å². The number of hydrogen-bond donors (Lipinski definition) is 1. The summed E-state index contributed by atoms with van der Waals surface area (Å²) in [5.41, 5.74) is 6.97. The van der Waals surface area contributed by atoms with Gasteiger partial charge in [0.15, 0.2) is 0 Å². The van der Waals surface area contributed by atoms with Crippen LogP contribution in [-0.4, -0.2) is 23.9 Å². The summed E-state index contributed by atoms with van der Waals surface area (Å²) in [7, 11) is 1.86. The minimum absolute atomic E-state index is 0.0191. The Kier molecular flexibility index (Phi) is 5.06. The highest BCUT2D eigenvalue weighted by atomic mass is 35.5. The second-order valence-corrected chi connectivity index (χ2v) is 6.18. The lowest BCUT2D eigenvalue weighted by Crippen LogP contribution is -2.39. The molecule has 110 valence electrons. The third kappa shape index (κ3) is 3.33. The van der Waals surface area contributed by atoms with Crippen LogP contribution in [0.15, 0.2) is 24.3 Å². The highest BCUT2D eigenvalue weighted by Crippen LogP contribution is 2.30. The number of amides is 1. The Bertz CT molecular complexity index is 477. The van der Waals surface area contributed by atoms with Crippen LogP contribution in [0.5, 0.6) is 0 Å². The molecule has 1 aromatic carbocycles. The van der Waals surface area contributed by atoms with E-state index in [4.69, 9.17) is 17.3 Å². The Morgan fingerprint density at radius 2 is 2.10 bits per heavy atom. The van der Waals surface area contributed by atoms with Gasteiger partial charge in [-0.2, -0.15) is 0 Å². The Labute approximate surface area is 126 Å². The Hall–Kier alpha value is -1.06. The molecule has 4 heteroatoms. The molecule has 1 aliphatic rings. The third-order valence-corrected chi connectivity index (χ3v) is 4.69. The molecule has 20 heavy (non-hydrogen) atoms. The molecular formula is C16H23ClN2O. The van der Waals surface area contributed by atoms with Crippen molar-refractivity contribution >= 4 is 17.5 Å². The van der Waals surface area contributed by atoms with Crippen LogP contribution < -0.4 is 5.73 Å². The first-order valence-corrected chi connectivity index (χ1v) is 7.65. The zero-order chi connectivity index (χ0) is 14.7. The summed E-state index contributed by atoms with van der Waals surface area (Å²) in [5.74, 6) is 0.251. The largest absolute Gasteiger partial charge is 0.339 e. The zero-order valence-electron chi connectivity index (χ0n) is 12.2. The summed E-state index contributed by atoms with van der Waals surface area (Å²) in [5, 5.41) is 0.708. The topological polar surface area (TPSA) is 46.3 Å². The highest BCUT2D eigenvalue weighted by Gasteiger charge is 2.30. The van der Waals surface area contributed by atoms with Crippen LogP contribution in [-0.2, 0) is 4.79 Å². The average Bonchev–Trinajstić information content (AvgIpc) is 2.45. The molecule has 3 atom stereocenters. The van der Waals surface area contributed by atoms with Crippen LogP contribution in [0.4, 0.5) is 0 Å². The van der Waals surface area contributed by atoms with E-state index in [1.807, 2.05) is 43.1 Å². The van der Waals surface area contributed by atoms with Crippen molar-refractivity contribution in [3.8, 4) is 0 Å². The van der Waals surface area contributed by atoms with Gasteiger partial charge in [0, 0.05) is 24.0 Å². The number of benzene rings is 1. The summed E-state index contributed by atoms with van der Waals surface area (Å²) >= 11 is 6.22. The Morgan fingerprint density at radius 3 is 2.75 bits per heavy atom. The van der Waals surface area contributed by atoms with Gasteiger partial charge < -0.3 is 10.6 Å². The quantitative estimate of drug-likeness (QED) is 0.929. The number of hydrogen-bond acceptors (Lipinski definition) is 2. The van der Waals surface area contributed by atoms with E-state index in [2.05, 4.69) is 0 Å². The van der Waals surface area contributed by atoms with E-state index < -0.39 is 0 Å². The van der Waals surface area contributed by atoms with Crippen molar-refractivity contribution in [3.63, 3.8) is 0 Å². The molecule has 3 nitrogen and oxygen atoms in total. The van der Waals surface area contributed by atoms with Gasteiger partial charge >= 0.3 is 0 Å². The molecule has 0 aliphatic heterocycles. The van der Waals surface area contributed by atoms with Crippen molar-refractivity contribution in [1.29, 1.82) is 0 Å². The van der Waals surface area contributed by atoms with Crippen molar-refractivity contribution in [1.82, 2.24) is 4.90 Å². The maximum Gasteiger partial charge on any atom is 0.225 e. The number of carbonyl (C=O) groups is 1. The zero-order valence-corrected chi connectivity index (χ0v) is 12.9. The van der Waals surface area contributed by atoms with E-state index in [0.717, 1.165) is 31.2 Å². The predicted molar refractivity (Wildman–Crippen MR) is 82.6 cm³/mol. The first kappa shape index (κ1) is 15.3. The molecule has 2 rings (SSSR count). The average molecular weight is 295 g/mol. The van der Waals surface area contributed by atoms with Gasteiger partial charge in [0.2, 0.25) is 5.91 Å². The summed E-state index contributed by atoms with van der Waals surface area (Å²) in [6.45, 7) is 2.02. The standard InChI is InChI=1S/C16H23ClN2O/c1-11(14-8-3-4-9-15(14)17)19(2)16(20)12-6-5-7-13(18)10-12/h3-4,8-9,11-13H,5-7,10,18H2,1-2H3/t11-,12+,13+/m1/s1. The minimum Gasteiger partial charge on any atom is -0.339 e. The van der Waals surface area contributed by atoms with Crippen LogP contribution in [0.3, 0.4) is 0 Å². The molecule has 0 saturated heterocycles. The van der Waals surface area contributed by atoms with Crippen molar-refractivity contribution in [2.24, 2.45) is 11.7 Å². The third-order valence-electron chi connectivity index (χ3n) is 4.35. The van der Waals surface area contributed by atoms with Crippen molar-refractivity contribution in [2.75, 3.05) is 7.05 Å². The van der Waals surface area contributed by atoms with Crippen LogP contribution in [0, 0.1) is 5.92 Å². The molecule has 0 spiro atoms. The lowest BCUT2D eigenvalue weighted by atomic mass is 9.85. The van der Waals surface area contributed by atoms with Gasteiger partial charge in [-0.1, -0.05) is 36.2 Å². The van der Waals surface area contributed by atoms with Crippen LogP contribution in [0.25, 0.3) is 0 Å². The fraction of sp³-hybridized carbons (Fsp3) is 0.562. The molecule has 1 saturated carbocycles. The van der Waals surface area contributed by atoms with Crippen LogP contribution >= 0.6 is 11.6 Å². The van der Waals surface area contributed by atoms with Gasteiger partial charge in [-0.05, 0) is 37.8 Å². The first-order valence-electron chi connectivity index (χ1n) is 7.27. The van der Waals surface area contributed by atoms with E-state index in [-0.39, 0.29) is 23.9 Å². The van der Waals surface area contributed by atoms with Crippen molar-refractivity contribution < 1.29 is 4.79 Å². The highest BCUT2D eigenvalue weighted by molar-refractivity contribution is 6.31. The summed E-state index contributed by atoms with van der Waals surface area (Å²) in [6, 6.07) is 7.84. The SMILES string of the molecule is C[C@H](c1ccccc1Cl)N(C)C(=O)[C@H]1CCC[C@H](N)C1. The molecule has 1 amide bonds. The second kappa shape index (κ2) is 6.59. The molecule has 2 N–H and O–H groups in total. The normalized spacial score (nSPS) is 24.2. The van der Waals surface area contributed by atoms with E-state index in [0.29, 0.717) is 5.02 Å². The van der Waals surface area contributed by atoms with Gasteiger partial charge in [-0.25, -0.2) is 0 Å². The Morgan fingerprint density at radius 1 is 1.40 bits per heavy atom. The smallest absolute Gasteiger partial charge is 0.225 e. The number of nitrogens with zero attached hydrogens (tertiary/aromatic N) is 1. The van der Waals surface area contributed by atoms with E-state index in [1.165, 1.54) is 0 Å². The van der Waals surface area contributed by atoms with E-state index >= 15 is 0 Å². The van der Waals surface area contributed by atoms with Crippen molar-refractivity contribution in [3.05, 3.63) is 34.9 Å². The molecule has 0 unspecified atom stereocenters. The van der Waals surface area contributed by atoms with Gasteiger partial charge in [0.05, 0.1) is 6.04 Å². The molecule has 1 aliphatic carbocycles. The number of carbonyl (C=O) groups excluding carboxylic acids is 1. The summed E-state index contributed by atoms with van der Waals surface area (Å²) in [6.07, 6.45) is 3.84. The fourth-order valence-corrected chi connectivity index (χ4v) is 3.25. The monoisotopic (exact) mass is 294 g/mol. The molecular weight excluding hydrogens is 272 g/mol. The van der Waals surface area contributed by atoms with E-state index in [9.17, 15) is 4.79 Å².